The van der Waals surface area contributed by atoms with Crippen LogP contribution in [0.5, 0.6) is 11.5 Å². The number of hydrogen-bond acceptors (Lipinski definition) is 5. The van der Waals surface area contributed by atoms with Crippen LogP contribution in [0.4, 0.5) is 5.69 Å². The smallest absolute Gasteiger partial charge is 0.301 e. The number of hydrogen-bond donors (Lipinski definition) is 1. The lowest BCUT2D eigenvalue weighted by molar-refractivity contribution is -0.121. The van der Waals surface area contributed by atoms with Crippen molar-refractivity contribution in [3.8, 4) is 11.5 Å². The average molecular weight is 367 g/mol. The van der Waals surface area contributed by atoms with Crippen molar-refractivity contribution >= 4 is 23.1 Å². The topological polar surface area (TPSA) is 76.1 Å². The monoisotopic (exact) mass is 367 g/mol. The summed E-state index contributed by atoms with van der Waals surface area (Å²) in [5.74, 6) is -0.597. The number of ether oxygens (including phenoxy) is 2. The maximum atomic E-state index is 12.8. The average Bonchev–Trinajstić information content (AvgIpc) is 2.86. The van der Waals surface area contributed by atoms with E-state index in [0.29, 0.717) is 29.4 Å². The maximum absolute atomic E-state index is 12.8. The van der Waals surface area contributed by atoms with Gasteiger partial charge in [-0.2, -0.15) is 0 Å². The predicted molar refractivity (Wildman–Crippen MR) is 102 cm³/mol. The van der Waals surface area contributed by atoms with Crippen molar-refractivity contribution in [2.45, 2.75) is 26.9 Å². The van der Waals surface area contributed by atoms with Crippen LogP contribution in [0.3, 0.4) is 0 Å². The number of aliphatic hydroxyl groups is 1. The minimum Gasteiger partial charge on any atom is -0.502 e. The first kappa shape index (κ1) is 18.5. The fraction of sp³-hybridized carbons (Fsp3) is 0.238. The van der Waals surface area contributed by atoms with Crippen molar-refractivity contribution in [1.82, 2.24) is 0 Å². The zero-order valence-corrected chi connectivity index (χ0v) is 15.4. The molecule has 0 saturated carbocycles. The van der Waals surface area contributed by atoms with E-state index >= 15 is 0 Å². The molecule has 0 spiro atoms. The van der Waals surface area contributed by atoms with E-state index in [2.05, 4.69) is 0 Å². The second-order valence-corrected chi connectivity index (χ2v) is 6.29. The molecule has 3 rings (SSSR count). The molecule has 2 aromatic rings. The largest absolute Gasteiger partial charge is 0.502 e. The van der Waals surface area contributed by atoms with Crippen LogP contribution < -0.4 is 14.4 Å². The second kappa shape index (κ2) is 7.53. The van der Waals surface area contributed by atoms with E-state index < -0.39 is 17.6 Å². The summed E-state index contributed by atoms with van der Waals surface area (Å²) in [6, 6.07) is 13.3. The number of rotatable bonds is 6. The zero-order valence-electron chi connectivity index (χ0n) is 15.4. The van der Waals surface area contributed by atoms with E-state index in [1.807, 2.05) is 20.8 Å². The van der Waals surface area contributed by atoms with Gasteiger partial charge in [0, 0.05) is 0 Å². The number of carbonyl (C=O) groups is 2. The number of amides is 2. The molecule has 1 N–H and O–H groups in total. The van der Waals surface area contributed by atoms with Crippen LogP contribution >= 0.6 is 0 Å². The van der Waals surface area contributed by atoms with Gasteiger partial charge in [-0.1, -0.05) is 12.1 Å². The van der Waals surface area contributed by atoms with Crippen LogP contribution in [-0.4, -0.2) is 29.6 Å². The Morgan fingerprint density at radius 3 is 2.07 bits per heavy atom. The van der Waals surface area contributed by atoms with Crippen molar-refractivity contribution in [2.75, 3.05) is 11.5 Å². The number of imide groups is 1. The lowest BCUT2D eigenvalue weighted by Crippen LogP contribution is -2.31. The first-order valence-electron chi connectivity index (χ1n) is 8.74. The van der Waals surface area contributed by atoms with Gasteiger partial charge in [0.1, 0.15) is 11.5 Å². The minimum absolute atomic E-state index is 0.0165. The molecule has 0 atom stereocenters. The summed E-state index contributed by atoms with van der Waals surface area (Å²) < 4.78 is 10.9. The Bertz CT molecular complexity index is 882. The summed E-state index contributed by atoms with van der Waals surface area (Å²) in [5, 5.41) is 10.3. The molecule has 1 aliphatic rings. The number of anilines is 1. The minimum atomic E-state index is -0.749. The number of benzene rings is 2. The maximum Gasteiger partial charge on any atom is 0.301 e. The van der Waals surface area contributed by atoms with Crippen molar-refractivity contribution in [1.29, 1.82) is 0 Å². The molecule has 0 bridgehead atoms. The SMILES string of the molecule is CCOc1ccc(C2=C(O)C(=O)N(c3ccc(OC(C)C)cc3)C2=O)cc1. The first-order chi connectivity index (χ1) is 12.9. The highest BCUT2D eigenvalue weighted by atomic mass is 16.5. The summed E-state index contributed by atoms with van der Waals surface area (Å²) in [6.45, 7) is 6.21. The van der Waals surface area contributed by atoms with E-state index in [4.69, 9.17) is 9.47 Å². The van der Waals surface area contributed by atoms with E-state index in [-0.39, 0.29) is 11.7 Å². The van der Waals surface area contributed by atoms with Crippen LogP contribution in [0.25, 0.3) is 5.57 Å². The van der Waals surface area contributed by atoms with Crippen LogP contribution in [0.2, 0.25) is 0 Å². The fourth-order valence-corrected chi connectivity index (χ4v) is 2.84. The Morgan fingerprint density at radius 2 is 1.52 bits per heavy atom. The number of nitrogens with zero attached hydrogens (tertiary/aromatic N) is 1. The van der Waals surface area contributed by atoms with Gasteiger partial charge in [0.25, 0.3) is 5.91 Å². The third kappa shape index (κ3) is 3.65. The summed E-state index contributed by atoms with van der Waals surface area (Å²) in [6.07, 6.45) is 0.0165. The molecule has 2 amide bonds. The molecule has 6 nitrogen and oxygen atoms in total. The van der Waals surface area contributed by atoms with Crippen molar-refractivity contribution < 1.29 is 24.2 Å². The van der Waals surface area contributed by atoms with E-state index in [0.717, 1.165) is 4.90 Å². The van der Waals surface area contributed by atoms with Gasteiger partial charge in [-0.05, 0) is 62.7 Å². The summed E-state index contributed by atoms with van der Waals surface area (Å²) in [4.78, 5) is 26.3. The molecule has 0 saturated heterocycles. The van der Waals surface area contributed by atoms with Crippen LogP contribution in [-0.2, 0) is 9.59 Å². The van der Waals surface area contributed by atoms with Crippen molar-refractivity contribution in [2.24, 2.45) is 0 Å². The fourth-order valence-electron chi connectivity index (χ4n) is 2.84. The van der Waals surface area contributed by atoms with Crippen LogP contribution in [0.1, 0.15) is 26.3 Å². The Morgan fingerprint density at radius 1 is 0.926 bits per heavy atom. The molecule has 27 heavy (non-hydrogen) atoms. The molecule has 0 unspecified atom stereocenters. The molecule has 6 heteroatoms. The van der Waals surface area contributed by atoms with Crippen LogP contribution in [0.15, 0.2) is 54.3 Å². The molecule has 140 valence electrons. The highest BCUT2D eigenvalue weighted by Gasteiger charge is 2.40. The normalized spacial score (nSPS) is 14.3. The Kier molecular flexibility index (Phi) is 5.16. The first-order valence-corrected chi connectivity index (χ1v) is 8.74. The summed E-state index contributed by atoms with van der Waals surface area (Å²) in [7, 11) is 0. The van der Waals surface area contributed by atoms with E-state index in [9.17, 15) is 14.7 Å². The lowest BCUT2D eigenvalue weighted by Gasteiger charge is -2.16. The standard InChI is InChI=1S/C21H21NO5/c1-4-26-16-9-5-14(6-10-16)18-19(23)21(25)22(20(18)24)15-7-11-17(12-8-15)27-13(2)3/h5-13,23H,4H2,1-3H3. The quantitative estimate of drug-likeness (QED) is 0.788. The summed E-state index contributed by atoms with van der Waals surface area (Å²) in [5.41, 5.74) is 0.802. The molecule has 0 aromatic heterocycles. The van der Waals surface area contributed by atoms with Gasteiger partial charge in [-0.3, -0.25) is 9.59 Å². The molecule has 1 heterocycles. The molecule has 0 aliphatic carbocycles. The van der Waals surface area contributed by atoms with Gasteiger partial charge in [-0.25, -0.2) is 4.90 Å². The third-order valence-corrected chi connectivity index (χ3v) is 3.98. The second-order valence-electron chi connectivity index (χ2n) is 6.29. The highest BCUT2D eigenvalue weighted by molar-refractivity contribution is 6.44. The Labute approximate surface area is 157 Å². The Balaban J connectivity index is 1.87. The van der Waals surface area contributed by atoms with Crippen molar-refractivity contribution in [3.63, 3.8) is 0 Å². The molecule has 2 aromatic carbocycles. The van der Waals surface area contributed by atoms with Crippen LogP contribution in [0, 0.1) is 0 Å². The van der Waals surface area contributed by atoms with Gasteiger partial charge in [0.2, 0.25) is 0 Å². The molecule has 0 radical (unpaired) electrons. The van der Waals surface area contributed by atoms with E-state index in [1.165, 1.54) is 0 Å². The highest BCUT2D eigenvalue weighted by Crippen LogP contribution is 2.33. The number of carbonyl (C=O) groups excluding carboxylic acids is 2. The zero-order chi connectivity index (χ0) is 19.6. The molecule has 1 aliphatic heterocycles. The number of aliphatic hydroxyl groups excluding tert-OH is 1. The predicted octanol–water partition coefficient (Wildman–Crippen LogP) is 3.72. The van der Waals surface area contributed by atoms with Gasteiger partial charge >= 0.3 is 5.91 Å². The molecule has 0 fully saturated rings. The van der Waals surface area contributed by atoms with Gasteiger partial charge in [0.15, 0.2) is 5.76 Å². The lowest BCUT2D eigenvalue weighted by atomic mass is 10.1. The van der Waals surface area contributed by atoms with Gasteiger partial charge in [-0.15, -0.1) is 0 Å². The Hall–Kier alpha value is -3.28. The van der Waals surface area contributed by atoms with Crippen molar-refractivity contribution in [3.05, 3.63) is 59.9 Å². The third-order valence-electron chi connectivity index (χ3n) is 3.98. The van der Waals surface area contributed by atoms with E-state index in [1.54, 1.807) is 48.5 Å². The van der Waals surface area contributed by atoms with Gasteiger partial charge < -0.3 is 14.6 Å². The summed E-state index contributed by atoms with van der Waals surface area (Å²) >= 11 is 0. The molecular weight excluding hydrogens is 346 g/mol. The molecular formula is C21H21NO5. The van der Waals surface area contributed by atoms with Gasteiger partial charge in [0.05, 0.1) is 24.0 Å².